The summed E-state index contributed by atoms with van der Waals surface area (Å²) in [6.45, 7) is 9.54. The number of rotatable bonds is 11. The van der Waals surface area contributed by atoms with Crippen molar-refractivity contribution >= 4 is 24.8 Å². The molecule has 0 nitrogen and oxygen atoms in total. The van der Waals surface area contributed by atoms with E-state index < -0.39 is 21.8 Å². The molecule has 4 rings (SSSR count). The predicted octanol–water partition coefficient (Wildman–Crippen LogP) is 10.5. The van der Waals surface area contributed by atoms with Gasteiger partial charge in [-0.1, -0.05) is 0 Å². The first kappa shape index (κ1) is 31.1. The molecule has 2 aliphatic rings. The van der Waals surface area contributed by atoms with Gasteiger partial charge in [-0.2, -0.15) is 0 Å². The second kappa shape index (κ2) is 15.3. The summed E-state index contributed by atoms with van der Waals surface area (Å²) in [5.41, 5.74) is 6.41. The summed E-state index contributed by atoms with van der Waals surface area (Å²) in [4.78, 5) is 0. The predicted molar refractivity (Wildman–Crippen MR) is 159 cm³/mol. The molecule has 193 valence electrons. The van der Waals surface area contributed by atoms with Crippen molar-refractivity contribution in [2.24, 2.45) is 11.8 Å². The van der Waals surface area contributed by atoms with E-state index in [9.17, 15) is 0 Å². The number of benzene rings is 2. The Morgan fingerprint density at radius 2 is 1.03 bits per heavy atom. The minimum Gasteiger partial charge on any atom is -0.147 e. The van der Waals surface area contributed by atoms with Crippen LogP contribution in [0.2, 0.25) is 0 Å². The maximum Gasteiger partial charge on any atom is -0.147 e. The first-order chi connectivity index (χ1) is 16.6. The standard InChI is InChI=1S/C13H11.2C10H15.2ClH.Zr/c1-3-7-12(8-4-1)11-13-9-5-2-6-10-13;2*1-3-9(2)8-10-6-4-5-7-10;;;/h1-11H;2*4,6,9H,3,5,8H2,1-2H3;2*1H;. The van der Waals surface area contributed by atoms with Gasteiger partial charge < -0.3 is 0 Å². The molecule has 2 aromatic carbocycles. The van der Waals surface area contributed by atoms with E-state index in [-0.39, 0.29) is 24.8 Å². The SMILES string of the molecule is CCC(C)CC1=[C]([Zr]([C]2=C(CC(C)CC)C=CC2)[CH](c2ccccc2)c2ccccc2)CC=C1.Cl.Cl. The zero-order chi connectivity index (χ0) is 23.9. The maximum atomic E-state index is 2.49. The third kappa shape index (κ3) is 7.46. The van der Waals surface area contributed by atoms with E-state index in [0.29, 0.717) is 3.63 Å². The van der Waals surface area contributed by atoms with Crippen LogP contribution >= 0.6 is 24.8 Å². The van der Waals surface area contributed by atoms with Crippen LogP contribution in [-0.2, 0) is 21.8 Å². The zero-order valence-electron chi connectivity index (χ0n) is 22.4. The topological polar surface area (TPSA) is 0 Å². The Balaban J connectivity index is 0.00000228. The van der Waals surface area contributed by atoms with Crippen molar-refractivity contribution in [3.63, 3.8) is 0 Å². The molecule has 2 aromatic rings. The van der Waals surface area contributed by atoms with Gasteiger partial charge in [0.1, 0.15) is 0 Å². The number of hydrogen-bond donors (Lipinski definition) is 0. The van der Waals surface area contributed by atoms with Crippen LogP contribution in [0.25, 0.3) is 0 Å². The van der Waals surface area contributed by atoms with Gasteiger partial charge in [0.05, 0.1) is 0 Å². The summed E-state index contributed by atoms with van der Waals surface area (Å²) < 4.78 is 4.26. The maximum absolute atomic E-state index is 2.49. The zero-order valence-corrected chi connectivity index (χ0v) is 26.5. The van der Waals surface area contributed by atoms with Gasteiger partial charge in [-0.3, -0.25) is 0 Å². The molecule has 2 aliphatic carbocycles. The third-order valence-electron chi connectivity index (χ3n) is 7.79. The molecule has 0 aliphatic heterocycles. The average Bonchev–Trinajstić information content (AvgIpc) is 3.53. The van der Waals surface area contributed by atoms with E-state index >= 15 is 0 Å². The van der Waals surface area contributed by atoms with Gasteiger partial charge in [-0.15, -0.1) is 24.8 Å². The Bertz CT molecular complexity index is 980. The molecule has 0 fully saturated rings. The van der Waals surface area contributed by atoms with E-state index in [4.69, 9.17) is 0 Å². The van der Waals surface area contributed by atoms with E-state index in [2.05, 4.69) is 113 Å². The van der Waals surface area contributed by atoms with Crippen molar-refractivity contribution in [2.75, 3.05) is 0 Å². The normalized spacial score (nSPS) is 16.2. The molecule has 0 spiro atoms. The second-order valence-corrected chi connectivity index (χ2v) is 16.7. The first-order valence-electron chi connectivity index (χ1n) is 13.4. The average molecular weight is 602 g/mol. The molecule has 2 unspecified atom stereocenters. The fraction of sp³-hybridized carbons (Fsp3) is 0.394. The summed E-state index contributed by atoms with van der Waals surface area (Å²) in [6, 6.07) is 22.9. The fourth-order valence-electron chi connectivity index (χ4n) is 5.44. The van der Waals surface area contributed by atoms with Crippen LogP contribution in [0.3, 0.4) is 0 Å². The van der Waals surface area contributed by atoms with Gasteiger partial charge >= 0.3 is 217 Å². The Labute approximate surface area is 240 Å². The van der Waals surface area contributed by atoms with E-state index in [1.165, 1.54) is 49.7 Å². The minimum atomic E-state index is -2.33. The van der Waals surface area contributed by atoms with Crippen LogP contribution in [0.15, 0.2) is 103 Å². The first-order valence-corrected chi connectivity index (χ1v) is 17.2. The summed E-state index contributed by atoms with van der Waals surface area (Å²) in [5, 5.41) is 0. The molecular weight excluding hydrogens is 558 g/mol. The van der Waals surface area contributed by atoms with Crippen LogP contribution in [0.4, 0.5) is 0 Å². The van der Waals surface area contributed by atoms with Crippen molar-refractivity contribution in [1.29, 1.82) is 0 Å². The van der Waals surface area contributed by atoms with Crippen molar-refractivity contribution < 1.29 is 21.8 Å². The van der Waals surface area contributed by atoms with Gasteiger partial charge in [0, 0.05) is 0 Å². The molecular formula is C33H43Cl2Zr. The second-order valence-electron chi connectivity index (χ2n) is 10.3. The van der Waals surface area contributed by atoms with Crippen LogP contribution in [0, 0.1) is 11.8 Å². The molecule has 0 bridgehead atoms. The Kier molecular flexibility index (Phi) is 13.2. The Morgan fingerprint density at radius 3 is 1.39 bits per heavy atom. The molecule has 0 aromatic heterocycles. The summed E-state index contributed by atoms with van der Waals surface area (Å²) in [6.07, 6.45) is 17.3. The summed E-state index contributed by atoms with van der Waals surface area (Å²) in [7, 11) is 0. The molecule has 0 saturated carbocycles. The Morgan fingerprint density at radius 1 is 0.639 bits per heavy atom. The van der Waals surface area contributed by atoms with Gasteiger partial charge in [0.15, 0.2) is 0 Å². The van der Waals surface area contributed by atoms with Crippen LogP contribution < -0.4 is 0 Å². The molecule has 0 heterocycles. The quantitative estimate of drug-likeness (QED) is 0.240. The number of halogens is 2. The van der Waals surface area contributed by atoms with Crippen molar-refractivity contribution in [3.8, 4) is 0 Å². The van der Waals surface area contributed by atoms with Gasteiger partial charge in [-0.05, 0) is 0 Å². The largest absolute Gasteiger partial charge is 0.147 e. The number of allylic oxidation sites excluding steroid dienone is 8. The summed E-state index contributed by atoms with van der Waals surface area (Å²) >= 11 is -2.33. The van der Waals surface area contributed by atoms with Gasteiger partial charge in [0.2, 0.25) is 0 Å². The molecule has 0 radical (unpaired) electrons. The van der Waals surface area contributed by atoms with E-state index in [1.807, 2.05) is 6.56 Å². The van der Waals surface area contributed by atoms with Crippen molar-refractivity contribution in [1.82, 2.24) is 0 Å². The molecule has 0 amide bonds. The third-order valence-corrected chi connectivity index (χ3v) is 16.6. The van der Waals surface area contributed by atoms with Crippen LogP contribution in [0.1, 0.15) is 81.0 Å². The molecule has 0 N–H and O–H groups in total. The minimum absolute atomic E-state index is 0. The van der Waals surface area contributed by atoms with Crippen molar-refractivity contribution in [2.45, 2.75) is 69.8 Å². The van der Waals surface area contributed by atoms with Crippen LogP contribution in [0.5, 0.6) is 0 Å². The van der Waals surface area contributed by atoms with Gasteiger partial charge in [-0.25, -0.2) is 0 Å². The van der Waals surface area contributed by atoms with E-state index in [1.54, 1.807) is 11.1 Å². The monoisotopic (exact) mass is 599 g/mol. The van der Waals surface area contributed by atoms with E-state index in [0.717, 1.165) is 11.8 Å². The molecule has 2 atom stereocenters. The Hall–Kier alpha value is -1.14. The molecule has 3 heteroatoms. The smallest absolute Gasteiger partial charge is 0.147 e. The van der Waals surface area contributed by atoms with Gasteiger partial charge in [0.25, 0.3) is 0 Å². The molecule has 36 heavy (non-hydrogen) atoms. The molecule has 0 saturated heterocycles. The van der Waals surface area contributed by atoms with Crippen molar-refractivity contribution in [3.05, 3.63) is 114 Å². The van der Waals surface area contributed by atoms with Crippen LogP contribution in [-0.4, -0.2) is 0 Å². The summed E-state index contributed by atoms with van der Waals surface area (Å²) in [5.74, 6) is 1.50. The fourth-order valence-corrected chi connectivity index (χ4v) is 14.9. The number of hydrogen-bond acceptors (Lipinski definition) is 0.